The number of furan rings is 1. The van der Waals surface area contributed by atoms with Crippen LogP contribution in [0, 0.1) is 6.92 Å². The molecule has 0 atom stereocenters. The van der Waals surface area contributed by atoms with E-state index in [9.17, 15) is 0 Å². The van der Waals surface area contributed by atoms with Crippen molar-refractivity contribution in [1.82, 2.24) is 4.98 Å². The molecular weight excluding hydrogens is 150 g/mol. The first-order valence-electron chi connectivity index (χ1n) is 3.61. The second kappa shape index (κ2) is 2.81. The zero-order valence-corrected chi connectivity index (χ0v) is 6.40. The Balaban J connectivity index is 2.51. The fourth-order valence-corrected chi connectivity index (χ4v) is 1.09. The van der Waals surface area contributed by atoms with Gasteiger partial charge in [0.2, 0.25) is 0 Å². The van der Waals surface area contributed by atoms with Crippen LogP contribution in [-0.2, 0) is 0 Å². The second-order valence-electron chi connectivity index (χ2n) is 2.43. The van der Waals surface area contributed by atoms with Gasteiger partial charge < -0.3 is 4.42 Å². The van der Waals surface area contributed by atoms with E-state index in [1.165, 1.54) is 0 Å². The van der Waals surface area contributed by atoms with Crippen molar-refractivity contribution in [2.45, 2.75) is 0 Å². The maximum atomic E-state index is 5.59. The highest BCUT2D eigenvalue weighted by molar-refractivity contribution is 5.65. The molecule has 2 radical (unpaired) electrons. The van der Waals surface area contributed by atoms with Crippen LogP contribution in [0.15, 0.2) is 41.3 Å². The van der Waals surface area contributed by atoms with E-state index < -0.39 is 0 Å². The molecule has 2 nitrogen and oxygen atoms in total. The number of rotatable bonds is 1. The van der Waals surface area contributed by atoms with Crippen LogP contribution in [0.3, 0.4) is 0 Å². The monoisotopic (exact) mass is 157 g/mol. The molecule has 2 rings (SSSR count). The molecule has 0 aliphatic rings. The Hall–Kier alpha value is -1.57. The maximum Gasteiger partial charge on any atom is 0.116 e. The highest BCUT2D eigenvalue weighted by atomic mass is 16.3. The minimum absolute atomic E-state index is 0.446. The molecule has 0 saturated heterocycles. The predicted molar refractivity (Wildman–Crippen MR) is 45.3 cm³/mol. The summed E-state index contributed by atoms with van der Waals surface area (Å²) in [5.41, 5.74) is 1.94. The number of hydrogen-bond acceptors (Lipinski definition) is 2. The van der Waals surface area contributed by atoms with Gasteiger partial charge in [0, 0.05) is 24.9 Å². The minimum atomic E-state index is 0.446. The van der Waals surface area contributed by atoms with E-state index in [1.807, 2.05) is 18.2 Å². The van der Waals surface area contributed by atoms with Crippen LogP contribution < -0.4 is 0 Å². The maximum absolute atomic E-state index is 5.59. The Morgan fingerprint density at radius 3 is 2.50 bits per heavy atom. The van der Waals surface area contributed by atoms with Crippen molar-refractivity contribution >= 4 is 0 Å². The predicted octanol–water partition coefficient (Wildman–Crippen LogP) is 2.40. The summed E-state index contributed by atoms with van der Waals surface area (Å²) in [5, 5.41) is 0. The first kappa shape index (κ1) is 7.10. The molecule has 2 heterocycles. The van der Waals surface area contributed by atoms with E-state index in [0.29, 0.717) is 5.76 Å². The Morgan fingerprint density at radius 1 is 1.17 bits per heavy atom. The fourth-order valence-electron chi connectivity index (χ4n) is 1.09. The Bertz CT molecular complexity index is 364. The van der Waals surface area contributed by atoms with Crippen LogP contribution in [0.5, 0.6) is 0 Å². The molecule has 58 valence electrons. The summed E-state index contributed by atoms with van der Waals surface area (Å²) >= 11 is 0. The molecule has 0 amide bonds. The highest BCUT2D eigenvalue weighted by Gasteiger charge is 2.02. The van der Waals surface area contributed by atoms with Gasteiger partial charge >= 0.3 is 0 Å². The van der Waals surface area contributed by atoms with E-state index in [0.717, 1.165) is 11.1 Å². The van der Waals surface area contributed by atoms with Gasteiger partial charge in [0.1, 0.15) is 5.76 Å². The molecule has 0 saturated carbocycles. The Morgan fingerprint density at radius 2 is 1.92 bits per heavy atom. The van der Waals surface area contributed by atoms with Gasteiger partial charge in [-0.1, -0.05) is 0 Å². The molecule has 0 spiro atoms. The van der Waals surface area contributed by atoms with Gasteiger partial charge in [-0.3, -0.25) is 4.98 Å². The van der Waals surface area contributed by atoms with Crippen molar-refractivity contribution in [3.63, 3.8) is 0 Å². The molecule has 0 aromatic carbocycles. The third-order valence-corrected chi connectivity index (χ3v) is 1.69. The second-order valence-corrected chi connectivity index (χ2v) is 2.43. The molecule has 0 bridgehead atoms. The van der Waals surface area contributed by atoms with Crippen LogP contribution in [-0.4, -0.2) is 4.98 Å². The average Bonchev–Trinajstić information content (AvgIpc) is 2.53. The summed E-state index contributed by atoms with van der Waals surface area (Å²) in [7, 11) is 0. The van der Waals surface area contributed by atoms with E-state index in [-0.39, 0.29) is 0 Å². The minimum Gasteiger partial charge on any atom is -0.468 e. The van der Waals surface area contributed by atoms with Crippen LogP contribution in [0.4, 0.5) is 0 Å². The van der Waals surface area contributed by atoms with E-state index >= 15 is 0 Å². The lowest BCUT2D eigenvalue weighted by atomic mass is 10.1. The SMILES string of the molecule is [CH]c1occc1-c1ccncc1. The standard InChI is InChI=1S/C10H7NO/c1-8-10(4-7-12-8)9-2-5-11-6-3-9/h1-7H. The van der Waals surface area contributed by atoms with Crippen LogP contribution >= 0.6 is 0 Å². The van der Waals surface area contributed by atoms with Crippen molar-refractivity contribution < 1.29 is 4.42 Å². The topological polar surface area (TPSA) is 26.0 Å². The lowest BCUT2D eigenvalue weighted by Gasteiger charge is -1.95. The van der Waals surface area contributed by atoms with E-state index in [2.05, 4.69) is 4.98 Å². The normalized spacial score (nSPS) is 10.1. The van der Waals surface area contributed by atoms with Crippen molar-refractivity contribution in [2.75, 3.05) is 0 Å². The first-order valence-corrected chi connectivity index (χ1v) is 3.61. The van der Waals surface area contributed by atoms with Crippen molar-refractivity contribution in [3.05, 3.63) is 49.5 Å². The summed E-state index contributed by atoms with van der Waals surface area (Å²) in [6.07, 6.45) is 5.02. The summed E-state index contributed by atoms with van der Waals surface area (Å²) in [5.74, 6) is 0.446. The molecule has 0 aliphatic heterocycles. The van der Waals surface area contributed by atoms with Crippen molar-refractivity contribution in [2.24, 2.45) is 0 Å². The van der Waals surface area contributed by atoms with E-state index in [4.69, 9.17) is 11.3 Å². The Kier molecular flexibility index (Phi) is 1.67. The average molecular weight is 157 g/mol. The van der Waals surface area contributed by atoms with E-state index in [1.54, 1.807) is 18.7 Å². The quantitative estimate of drug-likeness (QED) is 0.635. The van der Waals surface area contributed by atoms with Crippen molar-refractivity contribution in [1.29, 1.82) is 0 Å². The Labute approximate surface area is 70.9 Å². The summed E-state index contributed by atoms with van der Waals surface area (Å²) < 4.78 is 4.98. The number of hydrogen-bond donors (Lipinski definition) is 0. The van der Waals surface area contributed by atoms with Gasteiger partial charge in [-0.05, 0) is 23.8 Å². The van der Waals surface area contributed by atoms with Gasteiger partial charge in [-0.25, -0.2) is 0 Å². The molecule has 2 aromatic heterocycles. The lowest BCUT2D eigenvalue weighted by molar-refractivity contribution is 0.550. The molecule has 0 N–H and O–H groups in total. The van der Waals surface area contributed by atoms with Crippen LogP contribution in [0.25, 0.3) is 11.1 Å². The van der Waals surface area contributed by atoms with Crippen LogP contribution in [0.1, 0.15) is 5.76 Å². The number of pyridine rings is 1. The number of nitrogens with zero attached hydrogens (tertiary/aromatic N) is 1. The zero-order valence-electron chi connectivity index (χ0n) is 6.40. The highest BCUT2D eigenvalue weighted by Crippen LogP contribution is 2.22. The fraction of sp³-hybridized carbons (Fsp3) is 0. The van der Waals surface area contributed by atoms with Gasteiger partial charge in [0.25, 0.3) is 0 Å². The largest absolute Gasteiger partial charge is 0.468 e. The zero-order chi connectivity index (χ0) is 8.39. The summed E-state index contributed by atoms with van der Waals surface area (Å²) in [4.78, 5) is 3.91. The van der Waals surface area contributed by atoms with Gasteiger partial charge in [0.05, 0.1) is 6.26 Å². The lowest BCUT2D eigenvalue weighted by Crippen LogP contribution is -1.76. The first-order chi connectivity index (χ1) is 5.88. The van der Waals surface area contributed by atoms with Gasteiger partial charge in [0.15, 0.2) is 0 Å². The molecule has 0 aliphatic carbocycles. The van der Waals surface area contributed by atoms with Crippen LogP contribution in [0.2, 0.25) is 0 Å². The summed E-state index contributed by atoms with van der Waals surface area (Å²) in [6, 6.07) is 5.62. The molecule has 12 heavy (non-hydrogen) atoms. The van der Waals surface area contributed by atoms with Gasteiger partial charge in [-0.15, -0.1) is 0 Å². The molecule has 0 fully saturated rings. The third-order valence-electron chi connectivity index (χ3n) is 1.69. The number of aromatic nitrogens is 1. The van der Waals surface area contributed by atoms with Crippen molar-refractivity contribution in [3.8, 4) is 11.1 Å². The molecule has 2 heteroatoms. The smallest absolute Gasteiger partial charge is 0.116 e. The summed E-state index contributed by atoms with van der Waals surface area (Å²) in [6.45, 7) is 5.59. The third kappa shape index (κ3) is 1.11. The molecular formula is C10H7NO. The molecule has 2 aromatic rings. The van der Waals surface area contributed by atoms with Gasteiger partial charge in [-0.2, -0.15) is 0 Å². The molecule has 0 unspecified atom stereocenters.